The van der Waals surface area contributed by atoms with E-state index in [1.807, 2.05) is 43.0 Å². The quantitative estimate of drug-likeness (QED) is 0.236. The molecule has 176 valence electrons. The molecule has 1 aromatic heterocycles. The third-order valence-electron chi connectivity index (χ3n) is 6.02. The third-order valence-corrected chi connectivity index (χ3v) is 6.69. The van der Waals surface area contributed by atoms with Crippen LogP contribution in [-0.2, 0) is 6.54 Å². The lowest BCUT2D eigenvalue weighted by atomic mass is 9.98. The SMILES string of the molecule is CCCN(Cc1nc2cc(I)ccc2n1-c1ccc(OC)cc1)C(=O)c1c(C)cc(C)cc1C. The van der Waals surface area contributed by atoms with Gasteiger partial charge in [-0.3, -0.25) is 9.36 Å². The van der Waals surface area contributed by atoms with Gasteiger partial charge in [-0.25, -0.2) is 4.98 Å². The van der Waals surface area contributed by atoms with Crippen LogP contribution in [0.2, 0.25) is 0 Å². The smallest absolute Gasteiger partial charge is 0.254 e. The molecule has 3 aromatic carbocycles. The van der Waals surface area contributed by atoms with Crippen molar-refractivity contribution in [2.24, 2.45) is 0 Å². The first kappa shape index (κ1) is 24.3. The van der Waals surface area contributed by atoms with Gasteiger partial charge in [-0.2, -0.15) is 0 Å². The zero-order valence-corrected chi connectivity index (χ0v) is 22.5. The summed E-state index contributed by atoms with van der Waals surface area (Å²) in [4.78, 5) is 20.7. The van der Waals surface area contributed by atoms with Crippen molar-refractivity contribution in [2.75, 3.05) is 13.7 Å². The van der Waals surface area contributed by atoms with E-state index in [2.05, 4.69) is 71.3 Å². The fourth-order valence-electron chi connectivity index (χ4n) is 4.60. The van der Waals surface area contributed by atoms with E-state index in [0.29, 0.717) is 13.1 Å². The molecule has 4 aromatic rings. The summed E-state index contributed by atoms with van der Waals surface area (Å²) in [6.07, 6.45) is 0.871. The van der Waals surface area contributed by atoms with E-state index in [-0.39, 0.29) is 5.91 Å². The standard InChI is InChI=1S/C28H30IN3O2/c1-6-13-31(28(33)27-19(3)14-18(2)15-20(27)4)17-26-30-24-16-21(29)7-12-25(24)32(26)22-8-10-23(34-5)11-9-22/h7-12,14-16H,6,13,17H2,1-5H3. The summed E-state index contributed by atoms with van der Waals surface area (Å²) in [5.41, 5.74) is 6.93. The first-order valence-electron chi connectivity index (χ1n) is 11.5. The molecule has 0 fully saturated rings. The molecule has 0 radical (unpaired) electrons. The Kier molecular flexibility index (Phi) is 7.26. The minimum absolute atomic E-state index is 0.0553. The number of nitrogens with zero attached hydrogens (tertiary/aromatic N) is 3. The first-order chi connectivity index (χ1) is 16.3. The van der Waals surface area contributed by atoms with E-state index in [1.54, 1.807) is 7.11 Å². The number of carbonyl (C=O) groups is 1. The van der Waals surface area contributed by atoms with Gasteiger partial charge in [-0.15, -0.1) is 0 Å². The third kappa shape index (κ3) is 4.82. The van der Waals surface area contributed by atoms with Crippen molar-refractivity contribution < 1.29 is 9.53 Å². The van der Waals surface area contributed by atoms with Crippen molar-refractivity contribution in [3.63, 3.8) is 0 Å². The summed E-state index contributed by atoms with van der Waals surface area (Å²) in [5.74, 6) is 1.70. The van der Waals surface area contributed by atoms with Crippen molar-refractivity contribution >= 4 is 39.5 Å². The first-order valence-corrected chi connectivity index (χ1v) is 12.6. The molecule has 0 aliphatic rings. The molecule has 0 N–H and O–H groups in total. The van der Waals surface area contributed by atoms with Crippen LogP contribution in [0.5, 0.6) is 5.75 Å². The highest BCUT2D eigenvalue weighted by Gasteiger charge is 2.23. The Morgan fingerprint density at radius 2 is 1.71 bits per heavy atom. The van der Waals surface area contributed by atoms with Gasteiger partial charge in [0, 0.05) is 21.4 Å². The number of fused-ring (bicyclic) bond motifs is 1. The molecule has 0 bridgehead atoms. The normalized spacial score (nSPS) is 11.1. The molecule has 0 spiro atoms. The molecule has 1 heterocycles. The molecule has 0 saturated heterocycles. The average molecular weight is 567 g/mol. The molecular formula is C28H30IN3O2. The molecule has 6 heteroatoms. The molecule has 34 heavy (non-hydrogen) atoms. The van der Waals surface area contributed by atoms with Crippen LogP contribution in [0.25, 0.3) is 16.7 Å². The summed E-state index contributed by atoms with van der Waals surface area (Å²) >= 11 is 2.31. The van der Waals surface area contributed by atoms with Gasteiger partial charge in [0.25, 0.3) is 5.91 Å². The van der Waals surface area contributed by atoms with Gasteiger partial charge in [0.15, 0.2) is 0 Å². The number of aryl methyl sites for hydroxylation is 3. The topological polar surface area (TPSA) is 47.4 Å². The van der Waals surface area contributed by atoms with Gasteiger partial charge in [0.05, 0.1) is 24.7 Å². The second kappa shape index (κ2) is 10.2. The predicted molar refractivity (Wildman–Crippen MR) is 146 cm³/mol. The van der Waals surface area contributed by atoms with Crippen LogP contribution in [0.4, 0.5) is 0 Å². The van der Waals surface area contributed by atoms with Gasteiger partial charge in [0.1, 0.15) is 11.6 Å². The fraction of sp³-hybridized carbons (Fsp3) is 0.286. The number of amides is 1. The van der Waals surface area contributed by atoms with Crippen LogP contribution in [0.15, 0.2) is 54.6 Å². The highest BCUT2D eigenvalue weighted by atomic mass is 127. The van der Waals surface area contributed by atoms with Gasteiger partial charge >= 0.3 is 0 Å². The van der Waals surface area contributed by atoms with Gasteiger partial charge in [-0.1, -0.05) is 24.6 Å². The number of aromatic nitrogens is 2. The van der Waals surface area contributed by atoms with Crippen molar-refractivity contribution in [2.45, 2.75) is 40.7 Å². The molecule has 5 nitrogen and oxygen atoms in total. The van der Waals surface area contributed by atoms with E-state index in [0.717, 1.165) is 55.0 Å². The number of rotatable bonds is 7. The maximum atomic E-state index is 13.8. The number of methoxy groups -OCH3 is 1. The van der Waals surface area contributed by atoms with E-state index < -0.39 is 0 Å². The number of hydrogen-bond donors (Lipinski definition) is 0. The maximum absolute atomic E-state index is 13.8. The van der Waals surface area contributed by atoms with Crippen LogP contribution < -0.4 is 4.74 Å². The van der Waals surface area contributed by atoms with Crippen LogP contribution in [0.3, 0.4) is 0 Å². The second-order valence-corrected chi connectivity index (χ2v) is 9.94. The zero-order chi connectivity index (χ0) is 24.4. The summed E-state index contributed by atoms with van der Waals surface area (Å²) in [6.45, 7) is 9.30. The number of hydrogen-bond acceptors (Lipinski definition) is 3. The number of imidazole rings is 1. The molecule has 0 saturated carbocycles. The van der Waals surface area contributed by atoms with Crippen LogP contribution in [0.1, 0.15) is 46.2 Å². The van der Waals surface area contributed by atoms with Gasteiger partial charge in [0.2, 0.25) is 0 Å². The predicted octanol–water partition coefficient (Wildman–Crippen LogP) is 6.62. The summed E-state index contributed by atoms with van der Waals surface area (Å²) in [7, 11) is 1.66. The number of ether oxygens (including phenoxy) is 1. The number of benzene rings is 3. The van der Waals surface area contributed by atoms with Crippen molar-refractivity contribution in [1.82, 2.24) is 14.5 Å². The Bertz CT molecular complexity index is 1320. The molecule has 0 aliphatic carbocycles. The Hall–Kier alpha value is -2.87. The lowest BCUT2D eigenvalue weighted by molar-refractivity contribution is 0.0737. The Labute approximate surface area is 214 Å². The highest BCUT2D eigenvalue weighted by molar-refractivity contribution is 14.1. The zero-order valence-electron chi connectivity index (χ0n) is 20.4. The molecule has 0 aliphatic heterocycles. The van der Waals surface area contributed by atoms with Crippen molar-refractivity contribution in [3.8, 4) is 11.4 Å². The Balaban J connectivity index is 1.80. The number of carbonyl (C=O) groups excluding carboxylic acids is 1. The maximum Gasteiger partial charge on any atom is 0.254 e. The van der Waals surface area contributed by atoms with Crippen molar-refractivity contribution in [1.29, 1.82) is 0 Å². The van der Waals surface area contributed by atoms with Crippen LogP contribution in [-0.4, -0.2) is 34.0 Å². The van der Waals surface area contributed by atoms with Gasteiger partial charge < -0.3 is 9.64 Å². The van der Waals surface area contributed by atoms with E-state index in [4.69, 9.17) is 9.72 Å². The monoisotopic (exact) mass is 567 g/mol. The fourth-order valence-corrected chi connectivity index (χ4v) is 5.07. The number of halogens is 1. The Morgan fingerprint density at radius 3 is 2.32 bits per heavy atom. The van der Waals surface area contributed by atoms with Crippen molar-refractivity contribution in [3.05, 3.63) is 86.2 Å². The average Bonchev–Trinajstić information content (AvgIpc) is 3.15. The molecule has 0 unspecified atom stereocenters. The summed E-state index contributed by atoms with van der Waals surface area (Å²) in [5, 5.41) is 0. The molecule has 4 rings (SSSR count). The lowest BCUT2D eigenvalue weighted by Crippen LogP contribution is -2.33. The minimum Gasteiger partial charge on any atom is -0.497 e. The van der Waals surface area contributed by atoms with Crippen LogP contribution >= 0.6 is 22.6 Å². The second-order valence-electron chi connectivity index (χ2n) is 8.69. The Morgan fingerprint density at radius 1 is 1.03 bits per heavy atom. The molecule has 0 atom stereocenters. The van der Waals surface area contributed by atoms with E-state index in [1.165, 1.54) is 5.56 Å². The highest BCUT2D eigenvalue weighted by Crippen LogP contribution is 2.27. The lowest BCUT2D eigenvalue weighted by Gasteiger charge is -2.24. The van der Waals surface area contributed by atoms with E-state index >= 15 is 0 Å². The minimum atomic E-state index is 0.0553. The van der Waals surface area contributed by atoms with Gasteiger partial charge in [-0.05, 0) is 103 Å². The van der Waals surface area contributed by atoms with Crippen LogP contribution in [0, 0.1) is 24.3 Å². The molecule has 1 amide bonds. The molecular weight excluding hydrogens is 537 g/mol. The summed E-state index contributed by atoms with van der Waals surface area (Å²) < 4.78 is 8.63. The summed E-state index contributed by atoms with van der Waals surface area (Å²) in [6, 6.07) is 18.4. The van der Waals surface area contributed by atoms with E-state index in [9.17, 15) is 4.79 Å². The largest absolute Gasteiger partial charge is 0.497 e.